The lowest BCUT2D eigenvalue weighted by atomic mass is 9.85. The summed E-state index contributed by atoms with van der Waals surface area (Å²) in [5.74, 6) is 0. The van der Waals surface area contributed by atoms with Crippen molar-refractivity contribution in [1.29, 1.82) is 0 Å². The first kappa shape index (κ1) is 13.7. The van der Waals surface area contributed by atoms with Gasteiger partial charge in [0, 0.05) is 16.0 Å². The molecule has 0 atom stereocenters. The molecule has 0 bridgehead atoms. The molecule has 1 nitrogen and oxygen atoms in total. The van der Waals surface area contributed by atoms with Crippen molar-refractivity contribution < 1.29 is 0 Å². The number of aromatic nitrogens is 1. The van der Waals surface area contributed by atoms with Crippen LogP contribution in [0.1, 0.15) is 47.4 Å². The number of thiophene rings is 1. The summed E-state index contributed by atoms with van der Waals surface area (Å²) in [4.78, 5) is 8.04. The van der Waals surface area contributed by atoms with Gasteiger partial charge in [-0.25, -0.2) is 4.98 Å². The van der Waals surface area contributed by atoms with Crippen molar-refractivity contribution >= 4 is 21.6 Å². The molecule has 1 aromatic carbocycles. The summed E-state index contributed by atoms with van der Waals surface area (Å²) in [6, 6.07) is 11.1. The van der Waals surface area contributed by atoms with Crippen LogP contribution in [0, 0.1) is 0 Å². The van der Waals surface area contributed by atoms with Crippen LogP contribution in [0.4, 0.5) is 0 Å². The predicted molar refractivity (Wildman–Crippen MR) is 98.3 cm³/mol. The molecule has 0 unspecified atom stereocenters. The van der Waals surface area contributed by atoms with E-state index in [1.165, 1.54) is 72.0 Å². The summed E-state index contributed by atoms with van der Waals surface area (Å²) in [6.07, 6.45) is 10.2. The summed E-state index contributed by atoms with van der Waals surface area (Å²) >= 11 is 1.97. The van der Waals surface area contributed by atoms with Gasteiger partial charge in [0.2, 0.25) is 0 Å². The molecule has 0 N–H and O–H groups in total. The molecule has 3 aromatic rings. The molecule has 2 aliphatic rings. The first-order valence-corrected chi connectivity index (χ1v) is 9.75. The van der Waals surface area contributed by atoms with E-state index in [4.69, 9.17) is 4.98 Å². The zero-order valence-corrected chi connectivity index (χ0v) is 14.2. The minimum Gasteiger partial charge on any atom is -0.242 e. The first-order valence-electron chi connectivity index (χ1n) is 8.93. The molecule has 2 heterocycles. The Morgan fingerprint density at radius 1 is 0.783 bits per heavy atom. The number of nitrogens with zero attached hydrogens (tertiary/aromatic N) is 1. The van der Waals surface area contributed by atoms with Crippen LogP contribution in [-0.2, 0) is 25.7 Å². The number of benzene rings is 1. The molecule has 2 aromatic heterocycles. The molecule has 23 heavy (non-hydrogen) atoms. The third-order valence-corrected chi connectivity index (χ3v) is 6.63. The molecule has 0 spiro atoms. The summed E-state index contributed by atoms with van der Waals surface area (Å²) in [6.45, 7) is 0. The molecule has 2 aliphatic carbocycles. The van der Waals surface area contributed by atoms with Gasteiger partial charge in [0.05, 0.1) is 0 Å². The highest BCUT2D eigenvalue weighted by Crippen LogP contribution is 2.44. The summed E-state index contributed by atoms with van der Waals surface area (Å²) in [5, 5.41) is 1.50. The van der Waals surface area contributed by atoms with Crippen LogP contribution < -0.4 is 0 Å². The highest BCUT2D eigenvalue weighted by Gasteiger charge is 2.25. The molecule has 0 amide bonds. The third-order valence-electron chi connectivity index (χ3n) is 5.44. The Labute approximate surface area is 141 Å². The number of pyridine rings is 1. The molecule has 0 fully saturated rings. The average Bonchev–Trinajstić information content (AvgIpc) is 2.98. The van der Waals surface area contributed by atoms with E-state index in [0.717, 1.165) is 6.42 Å². The number of aryl methyl sites for hydroxylation is 3. The van der Waals surface area contributed by atoms with Crippen LogP contribution in [0.5, 0.6) is 0 Å². The quantitative estimate of drug-likeness (QED) is 0.559. The smallest absolute Gasteiger partial charge is 0.124 e. The van der Waals surface area contributed by atoms with Crippen molar-refractivity contribution in [3.05, 3.63) is 52.0 Å². The van der Waals surface area contributed by atoms with Crippen molar-refractivity contribution in [3.8, 4) is 11.1 Å². The highest BCUT2D eigenvalue weighted by molar-refractivity contribution is 7.19. The van der Waals surface area contributed by atoms with Gasteiger partial charge in [-0.2, -0.15) is 0 Å². The van der Waals surface area contributed by atoms with E-state index < -0.39 is 0 Å². The van der Waals surface area contributed by atoms with E-state index in [9.17, 15) is 0 Å². The summed E-state index contributed by atoms with van der Waals surface area (Å²) < 4.78 is 0. The fourth-order valence-corrected chi connectivity index (χ4v) is 5.66. The van der Waals surface area contributed by atoms with Gasteiger partial charge in [-0.05, 0) is 73.6 Å². The molecule has 5 rings (SSSR count). The number of hydrogen-bond donors (Lipinski definition) is 0. The normalized spacial score (nSPS) is 17.0. The fourth-order valence-electron chi connectivity index (χ4n) is 4.37. The second-order valence-electron chi connectivity index (χ2n) is 6.88. The van der Waals surface area contributed by atoms with Gasteiger partial charge in [0.1, 0.15) is 4.83 Å². The van der Waals surface area contributed by atoms with E-state index in [0.29, 0.717) is 0 Å². The lowest BCUT2D eigenvalue weighted by molar-refractivity contribution is 0.672. The maximum Gasteiger partial charge on any atom is 0.124 e. The predicted octanol–water partition coefficient (Wildman–Crippen LogP) is 5.72. The topological polar surface area (TPSA) is 12.9 Å². The molecule has 116 valence electrons. The Morgan fingerprint density at radius 3 is 2.39 bits per heavy atom. The fraction of sp³-hybridized carbons (Fsp3) is 0.381. The zero-order chi connectivity index (χ0) is 15.2. The molecule has 0 saturated heterocycles. The van der Waals surface area contributed by atoms with E-state index >= 15 is 0 Å². The molecule has 0 aliphatic heterocycles. The van der Waals surface area contributed by atoms with Gasteiger partial charge in [-0.1, -0.05) is 30.3 Å². The van der Waals surface area contributed by atoms with Gasteiger partial charge < -0.3 is 0 Å². The molecular weight excluding hydrogens is 298 g/mol. The second kappa shape index (κ2) is 5.45. The van der Waals surface area contributed by atoms with Crippen molar-refractivity contribution in [2.45, 2.75) is 51.4 Å². The maximum atomic E-state index is 5.13. The zero-order valence-electron chi connectivity index (χ0n) is 13.4. The lowest BCUT2D eigenvalue weighted by Gasteiger charge is -2.21. The summed E-state index contributed by atoms with van der Waals surface area (Å²) in [7, 11) is 0. The van der Waals surface area contributed by atoms with Crippen LogP contribution >= 0.6 is 11.3 Å². The van der Waals surface area contributed by atoms with E-state index in [1.807, 2.05) is 11.3 Å². The molecule has 0 saturated carbocycles. The number of rotatable bonds is 1. The summed E-state index contributed by atoms with van der Waals surface area (Å²) in [5.41, 5.74) is 7.45. The van der Waals surface area contributed by atoms with Gasteiger partial charge in [0.25, 0.3) is 0 Å². The van der Waals surface area contributed by atoms with Crippen molar-refractivity contribution in [2.24, 2.45) is 0 Å². The Balaban J connectivity index is 1.89. The van der Waals surface area contributed by atoms with E-state index in [-0.39, 0.29) is 0 Å². The Kier molecular flexibility index (Phi) is 3.26. The highest BCUT2D eigenvalue weighted by atomic mass is 32.1. The first-order chi connectivity index (χ1) is 11.4. The maximum absolute atomic E-state index is 5.13. The lowest BCUT2D eigenvalue weighted by Crippen LogP contribution is -2.08. The Morgan fingerprint density at radius 2 is 1.52 bits per heavy atom. The largest absolute Gasteiger partial charge is 0.242 e. The minimum absolute atomic E-state index is 1.16. The van der Waals surface area contributed by atoms with Gasteiger partial charge in [-0.15, -0.1) is 11.3 Å². The van der Waals surface area contributed by atoms with Crippen molar-refractivity contribution in [2.75, 3.05) is 0 Å². The van der Waals surface area contributed by atoms with Gasteiger partial charge >= 0.3 is 0 Å². The molecule has 2 heteroatoms. The minimum atomic E-state index is 1.16. The Hall–Kier alpha value is -1.67. The monoisotopic (exact) mass is 319 g/mol. The van der Waals surface area contributed by atoms with Crippen LogP contribution in [0.15, 0.2) is 30.3 Å². The van der Waals surface area contributed by atoms with Crippen LogP contribution in [0.2, 0.25) is 0 Å². The van der Waals surface area contributed by atoms with Crippen molar-refractivity contribution in [3.63, 3.8) is 0 Å². The number of fused-ring (bicyclic) bond motifs is 4. The Bertz CT molecular complexity index is 876. The van der Waals surface area contributed by atoms with Crippen LogP contribution in [0.25, 0.3) is 21.3 Å². The SMILES string of the molecule is c1ccc(-c2c3c(nc4sc5c(c24)CCCC5)CCCC3)cc1. The molecule has 0 radical (unpaired) electrons. The van der Waals surface area contributed by atoms with Gasteiger partial charge in [0.15, 0.2) is 0 Å². The van der Waals surface area contributed by atoms with E-state index in [1.54, 1.807) is 16.0 Å². The third kappa shape index (κ3) is 2.15. The average molecular weight is 319 g/mol. The number of hydrogen-bond acceptors (Lipinski definition) is 2. The second-order valence-corrected chi connectivity index (χ2v) is 7.96. The standard InChI is InChI=1S/C21H21NS/c1-2-8-14(9-3-1)19-15-10-4-6-12-17(15)22-21-20(19)16-11-5-7-13-18(16)23-21/h1-3,8-9H,4-7,10-13H2. The molecular formula is C21H21NS. The van der Waals surface area contributed by atoms with Crippen molar-refractivity contribution in [1.82, 2.24) is 4.98 Å². The van der Waals surface area contributed by atoms with E-state index in [2.05, 4.69) is 30.3 Å². The van der Waals surface area contributed by atoms with Gasteiger partial charge in [-0.3, -0.25) is 0 Å². The van der Waals surface area contributed by atoms with Crippen LogP contribution in [-0.4, -0.2) is 4.98 Å². The van der Waals surface area contributed by atoms with Crippen LogP contribution in [0.3, 0.4) is 0 Å².